The van der Waals surface area contributed by atoms with Crippen molar-refractivity contribution in [3.8, 4) is 11.1 Å². The summed E-state index contributed by atoms with van der Waals surface area (Å²) in [4.78, 5) is 0. The first-order valence-electron chi connectivity index (χ1n) is 30.8. The third-order valence-corrected chi connectivity index (χ3v) is 21.2. The van der Waals surface area contributed by atoms with Crippen molar-refractivity contribution in [2.45, 2.75) is 241 Å². The number of benzene rings is 3. The highest BCUT2D eigenvalue weighted by molar-refractivity contribution is 5.63. The first kappa shape index (κ1) is 53.0. The quantitative estimate of drug-likeness (QED) is 0.190. The topological polar surface area (TPSA) is 0 Å². The van der Waals surface area contributed by atoms with Crippen LogP contribution >= 0.6 is 0 Å². The zero-order valence-electron chi connectivity index (χ0n) is 45.9. The molecule has 0 heterocycles. The summed E-state index contributed by atoms with van der Waals surface area (Å²) in [5.74, 6) is 14.5. The highest BCUT2D eigenvalue weighted by Crippen LogP contribution is 2.47. The van der Waals surface area contributed by atoms with Crippen LogP contribution in [0.3, 0.4) is 0 Å². The van der Waals surface area contributed by atoms with E-state index >= 15 is 0 Å². The molecule has 0 aromatic heterocycles. The molecule has 7 aliphatic rings. The van der Waals surface area contributed by atoms with Crippen LogP contribution in [0.4, 0.5) is 0 Å². The summed E-state index contributed by atoms with van der Waals surface area (Å²) in [7, 11) is 0. The van der Waals surface area contributed by atoms with Gasteiger partial charge in [0.1, 0.15) is 0 Å². The largest absolute Gasteiger partial charge is 0.0625 e. The first-order chi connectivity index (χ1) is 33.6. The summed E-state index contributed by atoms with van der Waals surface area (Å²) in [6.45, 7) is 14.1. The van der Waals surface area contributed by atoms with Crippen LogP contribution in [0.2, 0.25) is 0 Å². The second kappa shape index (κ2) is 27.1. The van der Waals surface area contributed by atoms with Gasteiger partial charge < -0.3 is 0 Å². The second-order valence-corrected chi connectivity index (χ2v) is 26.7. The normalized spacial score (nSPS) is 35.4. The van der Waals surface area contributed by atoms with Crippen molar-refractivity contribution < 1.29 is 0 Å². The van der Waals surface area contributed by atoms with E-state index < -0.39 is 0 Å². The predicted molar refractivity (Wildman–Crippen MR) is 301 cm³/mol. The highest BCUT2D eigenvalue weighted by atomic mass is 14.4. The smallest absolute Gasteiger partial charge is 0.0184 e. The van der Waals surface area contributed by atoms with Gasteiger partial charge in [-0.3, -0.25) is 0 Å². The summed E-state index contributed by atoms with van der Waals surface area (Å²) in [5, 5.41) is 0. The van der Waals surface area contributed by atoms with Crippen molar-refractivity contribution in [3.05, 3.63) is 95.1 Å². The van der Waals surface area contributed by atoms with Crippen LogP contribution < -0.4 is 0 Å². The van der Waals surface area contributed by atoms with E-state index in [1.165, 1.54) is 182 Å². The Bertz CT molecular complexity index is 1790. The van der Waals surface area contributed by atoms with Crippen LogP contribution in [-0.2, 0) is 12.8 Å². The molecule has 0 N–H and O–H groups in total. The molecule has 7 saturated carbocycles. The van der Waals surface area contributed by atoms with Gasteiger partial charge in [0.05, 0.1) is 0 Å². The maximum Gasteiger partial charge on any atom is -0.0184 e. The molecule has 0 heteroatoms. The minimum absolute atomic E-state index is 0.911. The van der Waals surface area contributed by atoms with Crippen LogP contribution in [0.5, 0.6) is 0 Å². The minimum Gasteiger partial charge on any atom is -0.0625 e. The van der Waals surface area contributed by atoms with E-state index in [4.69, 9.17) is 0 Å². The Morgan fingerprint density at radius 1 is 0.261 bits per heavy atom. The van der Waals surface area contributed by atoms with Gasteiger partial charge in [0, 0.05) is 0 Å². The molecule has 3 aromatic rings. The Balaban J connectivity index is 0.000000146. The van der Waals surface area contributed by atoms with Gasteiger partial charge in [-0.2, -0.15) is 0 Å². The average molecular weight is 936 g/mol. The van der Waals surface area contributed by atoms with Gasteiger partial charge in [-0.25, -0.2) is 0 Å². The van der Waals surface area contributed by atoms with Crippen LogP contribution in [0, 0.1) is 96.7 Å². The van der Waals surface area contributed by atoms with Crippen molar-refractivity contribution >= 4 is 0 Å². The van der Waals surface area contributed by atoms with Gasteiger partial charge in [0.2, 0.25) is 0 Å². The molecule has 382 valence electrons. The maximum absolute atomic E-state index is 2.46. The lowest BCUT2D eigenvalue weighted by atomic mass is 9.65. The standard InChI is InChI=1S/C27H36.C27H42.C15H28/c1-20-3-11-24(12-4-20)26-15-7-22(8-16-26)19-23-9-17-27(18-10-23)25-13-5-21(2)6-14-25;1-20-3-7-22(8-4-20)19-23-9-13-25(14-10-23)27-17-15-26(16-18-27)24-11-5-21(2)6-12-24;1-12-3-7-14(8-4-12)11-15-9-5-13(2)6-10-15/h3-4,7-8,11-12,15-16,21,23,25,27H,5-6,9-10,13-14,17-19H2,1-2H3;3-4,7-8,21,23-27H,5-6,9-19H2,1-2H3;12-15H,3-11H2,1-2H3. The molecule has 7 aliphatic carbocycles. The molecule has 0 aliphatic heterocycles. The van der Waals surface area contributed by atoms with Crippen molar-refractivity contribution in [1.29, 1.82) is 0 Å². The zero-order valence-corrected chi connectivity index (χ0v) is 45.9. The van der Waals surface area contributed by atoms with E-state index in [2.05, 4.69) is 114 Å². The summed E-state index contributed by atoms with van der Waals surface area (Å²) < 4.78 is 0. The third-order valence-electron chi connectivity index (χ3n) is 21.2. The zero-order chi connectivity index (χ0) is 48.0. The molecule has 0 atom stereocenters. The van der Waals surface area contributed by atoms with Gasteiger partial charge in [-0.15, -0.1) is 0 Å². The predicted octanol–water partition coefficient (Wildman–Crippen LogP) is 20.8. The molecular weight excluding hydrogens is 829 g/mol. The summed E-state index contributed by atoms with van der Waals surface area (Å²) in [6, 6.07) is 27.5. The average Bonchev–Trinajstić information content (AvgIpc) is 3.38. The molecule has 0 amide bonds. The van der Waals surface area contributed by atoms with E-state index in [1.54, 1.807) is 50.5 Å². The molecule has 10 rings (SSSR count). The molecule has 0 radical (unpaired) electrons. The van der Waals surface area contributed by atoms with Gasteiger partial charge in [0.15, 0.2) is 0 Å². The number of hydrogen-bond donors (Lipinski definition) is 0. The number of hydrogen-bond acceptors (Lipinski definition) is 0. The lowest BCUT2D eigenvalue weighted by molar-refractivity contribution is 0.106. The molecule has 0 nitrogen and oxygen atoms in total. The molecule has 3 aromatic carbocycles. The second-order valence-electron chi connectivity index (χ2n) is 26.7. The van der Waals surface area contributed by atoms with Gasteiger partial charge in [-0.05, 0) is 241 Å². The lowest BCUT2D eigenvalue weighted by Gasteiger charge is -2.41. The fraction of sp³-hybridized carbons (Fsp3) is 0.739. The minimum atomic E-state index is 0.911. The SMILES string of the molecule is CC1CCC(CC2CCC(C)CC2)CC1.Cc1ccc(-c2ccc(CC3CCC(C4CCC(C)CC4)CC3)cc2)cc1.Cc1ccc(CC2CCC(C3CCC(C4CCC(C)CC4)CC3)CC2)cc1. The Morgan fingerprint density at radius 2 is 0.478 bits per heavy atom. The molecule has 69 heavy (non-hydrogen) atoms. The Labute approximate surface area is 427 Å². The molecule has 0 bridgehead atoms. The Kier molecular flexibility index (Phi) is 20.8. The van der Waals surface area contributed by atoms with Crippen LogP contribution in [0.1, 0.15) is 236 Å². The molecule has 0 spiro atoms. The Hall–Kier alpha value is -2.34. The van der Waals surface area contributed by atoms with E-state index in [9.17, 15) is 0 Å². The first-order valence-corrected chi connectivity index (χ1v) is 30.8. The summed E-state index contributed by atoms with van der Waals surface area (Å²) in [5.41, 5.74) is 8.48. The monoisotopic (exact) mass is 935 g/mol. The molecular formula is C69H106. The van der Waals surface area contributed by atoms with E-state index in [1.807, 2.05) is 0 Å². The van der Waals surface area contributed by atoms with Crippen LogP contribution in [0.25, 0.3) is 11.1 Å². The summed E-state index contributed by atoms with van der Waals surface area (Å²) in [6.07, 6.45) is 46.6. The molecule has 7 fully saturated rings. The van der Waals surface area contributed by atoms with Crippen molar-refractivity contribution in [1.82, 2.24) is 0 Å². The van der Waals surface area contributed by atoms with Crippen molar-refractivity contribution in [3.63, 3.8) is 0 Å². The van der Waals surface area contributed by atoms with Crippen molar-refractivity contribution in [2.75, 3.05) is 0 Å². The van der Waals surface area contributed by atoms with Gasteiger partial charge >= 0.3 is 0 Å². The summed E-state index contributed by atoms with van der Waals surface area (Å²) >= 11 is 0. The molecule has 0 unspecified atom stereocenters. The number of rotatable bonds is 10. The Morgan fingerprint density at radius 3 is 0.797 bits per heavy atom. The van der Waals surface area contributed by atoms with Crippen LogP contribution in [0.15, 0.2) is 72.8 Å². The molecule has 0 saturated heterocycles. The fourth-order valence-corrected chi connectivity index (χ4v) is 15.9. The lowest BCUT2D eigenvalue weighted by Crippen LogP contribution is -2.29. The van der Waals surface area contributed by atoms with E-state index in [-0.39, 0.29) is 0 Å². The third kappa shape index (κ3) is 16.9. The van der Waals surface area contributed by atoms with Gasteiger partial charge in [-0.1, -0.05) is 189 Å². The maximum atomic E-state index is 2.46. The van der Waals surface area contributed by atoms with Crippen LogP contribution in [-0.4, -0.2) is 0 Å². The van der Waals surface area contributed by atoms with E-state index in [0.29, 0.717) is 0 Å². The van der Waals surface area contributed by atoms with Crippen molar-refractivity contribution in [2.24, 2.45) is 82.9 Å². The fourth-order valence-electron chi connectivity index (χ4n) is 15.9. The highest BCUT2D eigenvalue weighted by Gasteiger charge is 2.35. The van der Waals surface area contributed by atoms with Gasteiger partial charge in [0.25, 0.3) is 0 Å². The number of aryl methyl sites for hydroxylation is 2. The van der Waals surface area contributed by atoms with E-state index in [0.717, 1.165) is 82.9 Å².